The highest BCUT2D eigenvalue weighted by Gasteiger charge is 2.22. The number of nitrogens with zero attached hydrogens (tertiary/aromatic N) is 4. The van der Waals surface area contributed by atoms with E-state index in [1.165, 1.54) is 5.56 Å². The van der Waals surface area contributed by atoms with Crippen molar-refractivity contribution in [1.29, 1.82) is 0 Å². The summed E-state index contributed by atoms with van der Waals surface area (Å²) in [7, 11) is 0. The summed E-state index contributed by atoms with van der Waals surface area (Å²) in [6.07, 6.45) is 7.42. The number of thioether (sulfide) groups is 1. The lowest BCUT2D eigenvalue weighted by Crippen LogP contribution is -2.42. The van der Waals surface area contributed by atoms with E-state index in [1.54, 1.807) is 12.4 Å². The van der Waals surface area contributed by atoms with E-state index in [0.29, 0.717) is 5.82 Å². The number of hydrogen-bond acceptors (Lipinski definition) is 4. The second-order valence-corrected chi connectivity index (χ2v) is 7.17. The Morgan fingerprint density at radius 1 is 1.33 bits per heavy atom. The zero-order valence-electron chi connectivity index (χ0n) is 13.9. The van der Waals surface area contributed by atoms with E-state index in [1.807, 2.05) is 45.7 Å². The number of urea groups is 1. The van der Waals surface area contributed by atoms with Crippen LogP contribution in [0.15, 0.2) is 36.8 Å². The maximum absolute atomic E-state index is 12.5. The van der Waals surface area contributed by atoms with Gasteiger partial charge in [-0.15, -0.1) is 0 Å². The Bertz CT molecular complexity index is 660. The van der Waals surface area contributed by atoms with Gasteiger partial charge in [-0.3, -0.25) is 15.0 Å². The normalized spacial score (nSPS) is 18.2. The Morgan fingerprint density at radius 3 is 3.00 bits per heavy atom. The minimum atomic E-state index is -0.0515. The van der Waals surface area contributed by atoms with Gasteiger partial charge in [-0.25, -0.2) is 4.79 Å². The molecule has 2 aromatic rings. The fourth-order valence-corrected chi connectivity index (χ4v) is 3.76. The molecule has 0 aliphatic carbocycles. The summed E-state index contributed by atoms with van der Waals surface area (Å²) in [5.74, 6) is 2.73. The molecule has 0 saturated carbocycles. The van der Waals surface area contributed by atoms with Crippen LogP contribution in [-0.2, 0) is 13.0 Å². The molecule has 6 nitrogen and oxygen atoms in total. The molecule has 1 aliphatic rings. The maximum atomic E-state index is 12.5. The Balaban J connectivity index is 1.54. The fourth-order valence-electron chi connectivity index (χ4n) is 2.72. The summed E-state index contributed by atoms with van der Waals surface area (Å²) >= 11 is 1.91. The molecule has 7 heteroatoms. The predicted octanol–water partition coefficient (Wildman–Crippen LogP) is 2.88. The first kappa shape index (κ1) is 16.8. The summed E-state index contributed by atoms with van der Waals surface area (Å²) in [6, 6.07) is 6.08. The third-order valence-electron chi connectivity index (χ3n) is 4.20. The highest BCUT2D eigenvalue weighted by molar-refractivity contribution is 7.99. The van der Waals surface area contributed by atoms with Crippen LogP contribution in [-0.4, -0.2) is 49.8 Å². The van der Waals surface area contributed by atoms with E-state index in [2.05, 4.69) is 22.3 Å². The van der Waals surface area contributed by atoms with Crippen molar-refractivity contribution in [1.82, 2.24) is 19.7 Å². The van der Waals surface area contributed by atoms with Crippen molar-refractivity contribution in [2.45, 2.75) is 32.4 Å². The summed E-state index contributed by atoms with van der Waals surface area (Å²) in [5, 5.41) is 7.37. The Hall–Kier alpha value is -2.02. The number of pyridine rings is 1. The maximum Gasteiger partial charge on any atom is 0.323 e. The van der Waals surface area contributed by atoms with Crippen LogP contribution in [0.1, 0.15) is 18.9 Å². The molecule has 3 rings (SSSR count). The number of rotatable bonds is 4. The quantitative estimate of drug-likeness (QED) is 0.925. The molecule has 3 heterocycles. The molecule has 0 bridgehead atoms. The number of nitrogens with one attached hydrogen (secondary N) is 1. The van der Waals surface area contributed by atoms with Gasteiger partial charge in [-0.1, -0.05) is 0 Å². The van der Waals surface area contributed by atoms with Crippen LogP contribution >= 0.6 is 11.8 Å². The van der Waals surface area contributed by atoms with Crippen LogP contribution < -0.4 is 5.32 Å². The van der Waals surface area contributed by atoms with Crippen LogP contribution in [0.4, 0.5) is 10.6 Å². The number of amides is 2. The predicted molar refractivity (Wildman–Crippen MR) is 97.3 cm³/mol. The van der Waals surface area contributed by atoms with E-state index in [4.69, 9.17) is 0 Å². The number of aryl methyl sites for hydroxylation is 2. The van der Waals surface area contributed by atoms with Crippen molar-refractivity contribution in [3.05, 3.63) is 42.4 Å². The molecule has 2 amide bonds. The topological polar surface area (TPSA) is 63.1 Å². The fraction of sp³-hybridized carbons (Fsp3) is 0.471. The van der Waals surface area contributed by atoms with Gasteiger partial charge in [0.15, 0.2) is 5.82 Å². The first-order chi connectivity index (χ1) is 11.7. The van der Waals surface area contributed by atoms with Gasteiger partial charge in [0, 0.05) is 49.5 Å². The average molecular weight is 345 g/mol. The van der Waals surface area contributed by atoms with Crippen LogP contribution in [0.2, 0.25) is 0 Å². The molecule has 1 saturated heterocycles. The first-order valence-corrected chi connectivity index (χ1v) is 9.45. The highest BCUT2D eigenvalue weighted by atomic mass is 32.2. The number of aromatic nitrogens is 3. The van der Waals surface area contributed by atoms with Gasteiger partial charge in [0.25, 0.3) is 0 Å². The second-order valence-electron chi connectivity index (χ2n) is 5.94. The molecule has 1 unspecified atom stereocenters. The Kier molecular flexibility index (Phi) is 5.74. The Morgan fingerprint density at radius 2 is 2.17 bits per heavy atom. The van der Waals surface area contributed by atoms with E-state index in [9.17, 15) is 4.79 Å². The molecule has 2 aromatic heterocycles. The van der Waals surface area contributed by atoms with Gasteiger partial charge < -0.3 is 4.90 Å². The minimum absolute atomic E-state index is 0.0515. The molecule has 128 valence electrons. The van der Waals surface area contributed by atoms with E-state index in [0.717, 1.165) is 37.4 Å². The summed E-state index contributed by atoms with van der Waals surface area (Å²) < 4.78 is 1.86. The molecular formula is C17H23N5OS. The summed E-state index contributed by atoms with van der Waals surface area (Å²) in [4.78, 5) is 18.4. The average Bonchev–Trinajstić information content (AvgIpc) is 2.92. The van der Waals surface area contributed by atoms with Gasteiger partial charge in [0.05, 0.1) is 0 Å². The van der Waals surface area contributed by atoms with Crippen LogP contribution in [0, 0.1) is 0 Å². The summed E-state index contributed by atoms with van der Waals surface area (Å²) in [5.41, 5.74) is 1.22. The zero-order chi connectivity index (χ0) is 16.8. The largest absolute Gasteiger partial charge is 0.323 e. The molecule has 1 aliphatic heterocycles. The highest BCUT2D eigenvalue weighted by Crippen LogP contribution is 2.17. The minimum Gasteiger partial charge on any atom is -0.321 e. The summed E-state index contributed by atoms with van der Waals surface area (Å²) in [6.45, 7) is 3.68. The van der Waals surface area contributed by atoms with Gasteiger partial charge in [0.2, 0.25) is 0 Å². The van der Waals surface area contributed by atoms with E-state index >= 15 is 0 Å². The van der Waals surface area contributed by atoms with Gasteiger partial charge in [0.1, 0.15) is 0 Å². The molecule has 1 atom stereocenters. The monoisotopic (exact) mass is 345 g/mol. The molecule has 1 N–H and O–H groups in total. The van der Waals surface area contributed by atoms with Gasteiger partial charge >= 0.3 is 6.03 Å². The zero-order valence-corrected chi connectivity index (χ0v) is 14.7. The van der Waals surface area contributed by atoms with Crippen LogP contribution in [0.5, 0.6) is 0 Å². The first-order valence-electron chi connectivity index (χ1n) is 8.30. The second kappa shape index (κ2) is 8.19. The van der Waals surface area contributed by atoms with Crippen molar-refractivity contribution in [2.75, 3.05) is 23.4 Å². The van der Waals surface area contributed by atoms with Crippen LogP contribution in [0.25, 0.3) is 0 Å². The third kappa shape index (κ3) is 4.50. The lowest BCUT2D eigenvalue weighted by atomic mass is 10.2. The number of anilines is 1. The lowest BCUT2D eigenvalue weighted by Gasteiger charge is -2.26. The number of carbonyl (C=O) groups excluding carboxylic acids is 1. The lowest BCUT2D eigenvalue weighted by molar-refractivity contribution is 0.197. The van der Waals surface area contributed by atoms with Crippen molar-refractivity contribution in [3.63, 3.8) is 0 Å². The molecule has 1 fully saturated rings. The molecular weight excluding hydrogens is 322 g/mol. The van der Waals surface area contributed by atoms with Gasteiger partial charge in [-0.05, 0) is 43.2 Å². The smallest absolute Gasteiger partial charge is 0.321 e. The molecule has 24 heavy (non-hydrogen) atoms. The van der Waals surface area contributed by atoms with Crippen molar-refractivity contribution < 1.29 is 4.79 Å². The molecule has 0 radical (unpaired) electrons. The van der Waals surface area contributed by atoms with E-state index in [-0.39, 0.29) is 12.1 Å². The standard InChI is InChI=1S/C17H23N5OS/c1-14-6-12-24-13-11-22(14)17(23)19-16-5-10-21(20-16)9-4-15-2-7-18-8-3-15/h2-3,5,7-8,10,14H,4,6,9,11-13H2,1H3,(H,19,20,23). The third-order valence-corrected chi connectivity index (χ3v) is 5.20. The van der Waals surface area contributed by atoms with E-state index < -0.39 is 0 Å². The van der Waals surface area contributed by atoms with Gasteiger partial charge in [-0.2, -0.15) is 16.9 Å². The van der Waals surface area contributed by atoms with Crippen molar-refractivity contribution in [2.24, 2.45) is 0 Å². The SMILES string of the molecule is CC1CCSCCN1C(=O)Nc1ccn(CCc2ccncc2)n1. The molecule has 0 aromatic carbocycles. The number of hydrogen-bond donors (Lipinski definition) is 1. The van der Waals surface area contributed by atoms with Crippen molar-refractivity contribution in [3.8, 4) is 0 Å². The van der Waals surface area contributed by atoms with Crippen LogP contribution in [0.3, 0.4) is 0 Å². The Labute approximate surface area is 146 Å². The number of carbonyl (C=O) groups is 1. The van der Waals surface area contributed by atoms with Crippen molar-refractivity contribution >= 4 is 23.6 Å². The molecule has 0 spiro atoms.